The van der Waals surface area contributed by atoms with Gasteiger partial charge in [0.15, 0.2) is 18.9 Å². The van der Waals surface area contributed by atoms with Gasteiger partial charge >= 0.3 is 0 Å². The number of carbonyl (C=O) groups excluding carboxylic acids is 1. The van der Waals surface area contributed by atoms with Gasteiger partial charge in [-0.15, -0.1) is 0 Å². The summed E-state index contributed by atoms with van der Waals surface area (Å²) in [6, 6.07) is -0.983. The fourth-order valence-electron chi connectivity index (χ4n) is 10.4. The number of aliphatic hydroxyl groups excluding tert-OH is 11. The summed E-state index contributed by atoms with van der Waals surface area (Å²) in [6.45, 7) is 1.62. The summed E-state index contributed by atoms with van der Waals surface area (Å²) in [5.74, 6) is -0.295. The molecule has 17 unspecified atom stereocenters. The molecule has 78 heavy (non-hydrogen) atoms. The molecule has 19 nitrogen and oxygen atoms in total. The molecule has 3 saturated heterocycles. The van der Waals surface area contributed by atoms with E-state index in [1.807, 2.05) is 6.08 Å². The van der Waals surface area contributed by atoms with Gasteiger partial charge in [0.2, 0.25) is 5.91 Å². The fourth-order valence-corrected chi connectivity index (χ4v) is 10.4. The van der Waals surface area contributed by atoms with Crippen molar-refractivity contribution in [1.82, 2.24) is 5.32 Å². The highest BCUT2D eigenvalue weighted by molar-refractivity contribution is 5.76. The molecular weight excluding hydrogens is 1010 g/mol. The van der Waals surface area contributed by atoms with Gasteiger partial charge in [-0.2, -0.15) is 0 Å². The summed E-state index contributed by atoms with van der Waals surface area (Å²) in [4.78, 5) is 13.1. The first kappa shape index (κ1) is 70.5. The lowest BCUT2D eigenvalue weighted by molar-refractivity contribution is -0.379. The van der Waals surface area contributed by atoms with Crippen LogP contribution in [0.1, 0.15) is 213 Å². The van der Waals surface area contributed by atoms with E-state index in [0.717, 1.165) is 51.4 Å². The van der Waals surface area contributed by atoms with Gasteiger partial charge in [0.05, 0.1) is 38.6 Å². The highest BCUT2D eigenvalue weighted by Crippen LogP contribution is 2.33. The van der Waals surface area contributed by atoms with Gasteiger partial charge in [0, 0.05) is 6.42 Å². The Bertz CT molecular complexity index is 1530. The second kappa shape index (κ2) is 43.0. The molecule has 0 aromatic rings. The number of nitrogens with one attached hydrogen (secondary N) is 1. The molecule has 3 aliphatic heterocycles. The van der Waals surface area contributed by atoms with Crippen molar-refractivity contribution in [2.75, 3.05) is 26.4 Å². The summed E-state index contributed by atoms with van der Waals surface area (Å²) >= 11 is 0. The van der Waals surface area contributed by atoms with Crippen LogP contribution in [0, 0.1) is 0 Å². The Morgan fingerprint density at radius 3 is 1.28 bits per heavy atom. The zero-order valence-corrected chi connectivity index (χ0v) is 47.7. The number of hydrogen-bond acceptors (Lipinski definition) is 18. The van der Waals surface area contributed by atoms with Gasteiger partial charge in [0.1, 0.15) is 73.2 Å². The quantitative estimate of drug-likeness (QED) is 0.0263. The van der Waals surface area contributed by atoms with Crippen molar-refractivity contribution >= 4 is 5.91 Å². The zero-order valence-electron chi connectivity index (χ0n) is 47.7. The zero-order chi connectivity index (χ0) is 56.9. The van der Waals surface area contributed by atoms with Crippen LogP contribution in [0.25, 0.3) is 0 Å². The van der Waals surface area contributed by atoms with Gasteiger partial charge in [-0.3, -0.25) is 4.79 Å². The molecule has 3 aliphatic rings. The first-order valence-corrected chi connectivity index (χ1v) is 30.6. The topological polar surface area (TPSA) is 307 Å². The SMILES string of the molecule is CCCCCCCCCCCCCCCCCCCCCCC/C=C/CC/C=C/C(O)C(COC1OC(CO)C(OC2OC(CO)C(OC3OC(CO)C(O)C(O)C3O)C(O)C2O)C(O)C1O)NC(=O)CCCCCCCC. The summed E-state index contributed by atoms with van der Waals surface area (Å²) in [5.41, 5.74) is 0. The average Bonchev–Trinajstić information content (AvgIpc) is 3.46. The third-order valence-corrected chi connectivity index (χ3v) is 15.5. The summed E-state index contributed by atoms with van der Waals surface area (Å²) in [5, 5.41) is 120. The van der Waals surface area contributed by atoms with E-state index in [2.05, 4.69) is 31.3 Å². The molecule has 0 radical (unpaired) electrons. The Kier molecular flexibility index (Phi) is 38.9. The molecule has 0 saturated carbocycles. The van der Waals surface area contributed by atoms with Gasteiger partial charge in [0.25, 0.3) is 0 Å². The van der Waals surface area contributed by atoms with Crippen molar-refractivity contribution in [1.29, 1.82) is 0 Å². The van der Waals surface area contributed by atoms with Crippen molar-refractivity contribution in [3.63, 3.8) is 0 Å². The number of ether oxygens (including phenoxy) is 6. The highest BCUT2D eigenvalue weighted by atomic mass is 16.8. The minimum Gasteiger partial charge on any atom is -0.394 e. The minimum absolute atomic E-state index is 0.234. The maximum Gasteiger partial charge on any atom is 0.220 e. The highest BCUT2D eigenvalue weighted by Gasteiger charge is 2.53. The van der Waals surface area contributed by atoms with E-state index < -0.39 is 124 Å². The van der Waals surface area contributed by atoms with Crippen molar-refractivity contribution in [3.8, 4) is 0 Å². The summed E-state index contributed by atoms with van der Waals surface area (Å²) in [6.07, 6.45) is 18.1. The monoisotopic (exact) mass is 1120 g/mol. The molecule has 3 fully saturated rings. The van der Waals surface area contributed by atoms with E-state index in [-0.39, 0.29) is 18.9 Å². The maximum absolute atomic E-state index is 13.1. The molecule has 3 heterocycles. The molecular formula is C59H109NO18. The Morgan fingerprint density at radius 1 is 0.449 bits per heavy atom. The van der Waals surface area contributed by atoms with Gasteiger partial charge in [-0.25, -0.2) is 0 Å². The van der Waals surface area contributed by atoms with E-state index >= 15 is 0 Å². The van der Waals surface area contributed by atoms with Crippen molar-refractivity contribution < 1.29 is 89.4 Å². The summed E-state index contributed by atoms with van der Waals surface area (Å²) in [7, 11) is 0. The van der Waals surface area contributed by atoms with Crippen molar-refractivity contribution in [2.24, 2.45) is 0 Å². The molecule has 0 spiro atoms. The standard InChI is InChI=1S/C59H109NO18/c1-3-5-7-9-11-12-13-14-15-16-17-18-19-20-21-22-23-24-25-26-27-28-29-30-31-32-34-36-43(64)42(60-47(65)37-35-33-10-8-6-4-2)41-73-57-53(71)50(68)55(45(39-62)75-57)78-59-54(72)51(69)56(46(40-63)76-59)77-58-52(70)49(67)48(66)44(38-61)74-58/h29-30,34,36,42-46,48-59,61-64,66-72H,3-28,31-33,35,37-41H2,1-2H3,(H,60,65)/b30-29+,36-34+. The maximum atomic E-state index is 13.1. The number of unbranched alkanes of at least 4 members (excludes halogenated alkanes) is 27. The largest absolute Gasteiger partial charge is 0.394 e. The molecule has 12 N–H and O–H groups in total. The van der Waals surface area contributed by atoms with Crippen molar-refractivity contribution in [2.45, 2.75) is 317 Å². The van der Waals surface area contributed by atoms with E-state index in [0.29, 0.717) is 12.8 Å². The van der Waals surface area contributed by atoms with Crippen LogP contribution in [-0.4, -0.2) is 193 Å². The van der Waals surface area contributed by atoms with E-state index in [1.165, 1.54) is 128 Å². The molecule has 458 valence electrons. The second-order valence-electron chi connectivity index (χ2n) is 22.2. The summed E-state index contributed by atoms with van der Waals surface area (Å²) < 4.78 is 34.1. The number of aliphatic hydroxyl groups is 11. The van der Waals surface area contributed by atoms with Gasteiger partial charge in [-0.05, 0) is 32.1 Å². The smallest absolute Gasteiger partial charge is 0.220 e. The van der Waals surface area contributed by atoms with E-state index in [9.17, 15) is 61.0 Å². The van der Waals surface area contributed by atoms with Crippen LogP contribution in [0.2, 0.25) is 0 Å². The Hall–Kier alpha value is -1.73. The van der Waals surface area contributed by atoms with Crippen LogP contribution < -0.4 is 5.32 Å². The second-order valence-corrected chi connectivity index (χ2v) is 22.2. The molecule has 19 heteroatoms. The number of allylic oxidation sites excluding steroid dienone is 3. The van der Waals surface area contributed by atoms with E-state index in [4.69, 9.17) is 28.4 Å². The molecule has 1 amide bonds. The van der Waals surface area contributed by atoms with Crippen LogP contribution in [0.15, 0.2) is 24.3 Å². The first-order chi connectivity index (χ1) is 37.8. The van der Waals surface area contributed by atoms with E-state index in [1.54, 1.807) is 6.08 Å². The lowest BCUT2D eigenvalue weighted by Crippen LogP contribution is -2.66. The Morgan fingerprint density at radius 2 is 0.821 bits per heavy atom. The van der Waals surface area contributed by atoms with Crippen molar-refractivity contribution in [3.05, 3.63) is 24.3 Å². The van der Waals surface area contributed by atoms with Crippen LogP contribution in [-0.2, 0) is 33.2 Å². The lowest BCUT2D eigenvalue weighted by Gasteiger charge is -2.48. The molecule has 3 rings (SSSR count). The molecule has 0 bridgehead atoms. The molecule has 0 aliphatic carbocycles. The predicted octanol–water partition coefficient (Wildman–Crippen LogP) is 5.54. The normalized spacial score (nSPS) is 30.6. The lowest BCUT2D eigenvalue weighted by atomic mass is 9.96. The molecule has 17 atom stereocenters. The van der Waals surface area contributed by atoms with Crippen LogP contribution in [0.4, 0.5) is 0 Å². The number of carbonyl (C=O) groups is 1. The molecule has 0 aromatic carbocycles. The average molecular weight is 1120 g/mol. The number of amides is 1. The fraction of sp³-hybridized carbons (Fsp3) is 0.915. The van der Waals surface area contributed by atoms with Gasteiger partial charge in [-0.1, -0.05) is 199 Å². The third-order valence-electron chi connectivity index (χ3n) is 15.5. The minimum atomic E-state index is -1.98. The Balaban J connectivity index is 1.40. The molecule has 0 aromatic heterocycles. The third kappa shape index (κ3) is 26.7. The number of hydrogen-bond donors (Lipinski definition) is 12. The van der Waals surface area contributed by atoms with Gasteiger partial charge < -0.3 is 89.9 Å². The van der Waals surface area contributed by atoms with Crippen LogP contribution in [0.3, 0.4) is 0 Å². The Labute approximate surface area is 467 Å². The predicted molar refractivity (Wildman–Crippen MR) is 296 cm³/mol. The van der Waals surface area contributed by atoms with Crippen LogP contribution >= 0.6 is 0 Å². The van der Waals surface area contributed by atoms with Crippen LogP contribution in [0.5, 0.6) is 0 Å². The first-order valence-electron chi connectivity index (χ1n) is 30.6. The number of rotatable bonds is 45.